The standard InChI is InChI=1S/C33H43N7O11/c34-26(14-25-13-24-3-1-2-4-27(24)36-25)33(50)37-51-21-23-7-5-22(6-8-23)15-35-28(41)16-38(9-11-39(17-29(42)43)18-30(44)45)10-12-40(19-31(46)47)20-32(48)49/h1-8,13,26,36H,9-12,14-21,34H2,(H,35,41)(H,37,50)(H,42,43)(H,44,45)(H,46,47)(H,48,49). The second kappa shape index (κ2) is 20.3. The Morgan fingerprint density at radius 1 is 0.706 bits per heavy atom. The van der Waals surface area contributed by atoms with Gasteiger partial charge in [0.05, 0.1) is 45.4 Å². The zero-order valence-electron chi connectivity index (χ0n) is 27.8. The van der Waals surface area contributed by atoms with Crippen molar-refractivity contribution < 1.29 is 54.0 Å². The zero-order valence-corrected chi connectivity index (χ0v) is 27.8. The molecule has 0 aliphatic rings. The number of nitrogens with one attached hydrogen (secondary N) is 3. The second-order valence-electron chi connectivity index (χ2n) is 11.8. The molecule has 0 bridgehead atoms. The fraction of sp³-hybridized carbons (Fsp3) is 0.394. The van der Waals surface area contributed by atoms with Crippen molar-refractivity contribution in [2.75, 3.05) is 58.9 Å². The number of aromatic amines is 1. The third-order valence-electron chi connectivity index (χ3n) is 7.55. The summed E-state index contributed by atoms with van der Waals surface area (Å²) in [7, 11) is 0. The van der Waals surface area contributed by atoms with Gasteiger partial charge in [-0.3, -0.25) is 48.3 Å². The number of carbonyl (C=O) groups excluding carboxylic acids is 2. The SMILES string of the molecule is NC(Cc1cc2ccccc2[nH]1)C(=O)NOCc1ccc(CNC(=O)CN(CCN(CC(=O)O)CC(=O)O)CCN(CC(=O)O)CC(=O)O)cc1. The molecule has 2 amide bonds. The van der Waals surface area contributed by atoms with Crippen molar-refractivity contribution >= 4 is 46.6 Å². The molecule has 18 heteroatoms. The van der Waals surface area contributed by atoms with Crippen LogP contribution in [0.3, 0.4) is 0 Å². The second-order valence-corrected chi connectivity index (χ2v) is 11.8. The van der Waals surface area contributed by atoms with Gasteiger partial charge in [-0.2, -0.15) is 0 Å². The molecule has 18 nitrogen and oxygen atoms in total. The van der Waals surface area contributed by atoms with Crippen LogP contribution < -0.4 is 16.5 Å². The largest absolute Gasteiger partial charge is 0.480 e. The van der Waals surface area contributed by atoms with Crippen LogP contribution in [0.5, 0.6) is 0 Å². The Hall–Kier alpha value is -5.40. The Labute approximate surface area is 292 Å². The van der Waals surface area contributed by atoms with Crippen molar-refractivity contribution in [3.63, 3.8) is 0 Å². The van der Waals surface area contributed by atoms with Gasteiger partial charge in [0.25, 0.3) is 5.91 Å². The summed E-state index contributed by atoms with van der Waals surface area (Å²) in [6, 6.07) is 15.9. The van der Waals surface area contributed by atoms with Gasteiger partial charge in [0, 0.05) is 50.4 Å². The summed E-state index contributed by atoms with van der Waals surface area (Å²) in [5.74, 6) is -5.86. The minimum Gasteiger partial charge on any atom is -0.480 e. The molecule has 1 aromatic heterocycles. The normalized spacial score (nSPS) is 11.9. The Morgan fingerprint density at radius 3 is 1.75 bits per heavy atom. The van der Waals surface area contributed by atoms with E-state index in [0.29, 0.717) is 6.42 Å². The highest BCUT2D eigenvalue weighted by Crippen LogP contribution is 2.15. The number of benzene rings is 2. The summed E-state index contributed by atoms with van der Waals surface area (Å²) in [5, 5.41) is 40.3. The predicted octanol–water partition coefficient (Wildman–Crippen LogP) is -0.854. The minimum atomic E-state index is -1.24. The number of hydrogen-bond donors (Lipinski definition) is 8. The van der Waals surface area contributed by atoms with Gasteiger partial charge in [-0.15, -0.1) is 0 Å². The van der Waals surface area contributed by atoms with Crippen LogP contribution in [0.1, 0.15) is 16.8 Å². The molecule has 0 saturated carbocycles. The molecule has 0 aliphatic carbocycles. The molecular formula is C33H43N7O11. The fourth-order valence-corrected chi connectivity index (χ4v) is 5.08. The summed E-state index contributed by atoms with van der Waals surface area (Å²) in [4.78, 5) is 82.6. The first-order chi connectivity index (χ1) is 24.3. The topological polar surface area (TPSA) is 268 Å². The van der Waals surface area contributed by atoms with Crippen molar-refractivity contribution in [1.29, 1.82) is 0 Å². The van der Waals surface area contributed by atoms with E-state index in [9.17, 15) is 28.8 Å². The monoisotopic (exact) mass is 713 g/mol. The number of hydroxylamine groups is 1. The first-order valence-corrected chi connectivity index (χ1v) is 15.9. The lowest BCUT2D eigenvalue weighted by Gasteiger charge is -2.28. The smallest absolute Gasteiger partial charge is 0.317 e. The van der Waals surface area contributed by atoms with Crippen LogP contribution in [0.2, 0.25) is 0 Å². The van der Waals surface area contributed by atoms with Crippen LogP contribution in [0.25, 0.3) is 10.9 Å². The van der Waals surface area contributed by atoms with Gasteiger partial charge >= 0.3 is 23.9 Å². The molecule has 276 valence electrons. The van der Waals surface area contributed by atoms with Crippen molar-refractivity contribution in [2.45, 2.75) is 25.6 Å². The molecule has 2 aromatic carbocycles. The Morgan fingerprint density at radius 2 is 1.22 bits per heavy atom. The number of carboxylic acid groups (broad SMARTS) is 4. The predicted molar refractivity (Wildman–Crippen MR) is 181 cm³/mol. The molecular weight excluding hydrogens is 670 g/mol. The summed E-state index contributed by atoms with van der Waals surface area (Å²) in [6.07, 6.45) is 0.295. The van der Waals surface area contributed by atoms with Gasteiger partial charge in [0.1, 0.15) is 0 Å². The molecule has 1 atom stereocenters. The van der Waals surface area contributed by atoms with Crippen LogP contribution >= 0.6 is 0 Å². The number of nitrogens with zero attached hydrogens (tertiary/aromatic N) is 3. The van der Waals surface area contributed by atoms with E-state index in [1.165, 1.54) is 0 Å². The Bertz CT molecular complexity index is 1540. The van der Waals surface area contributed by atoms with Crippen LogP contribution in [-0.4, -0.2) is 141 Å². The minimum absolute atomic E-state index is 0.0379. The van der Waals surface area contributed by atoms with E-state index >= 15 is 0 Å². The molecule has 0 aliphatic heterocycles. The number of fused-ring (bicyclic) bond motifs is 1. The number of carboxylic acids is 4. The molecule has 9 N–H and O–H groups in total. The molecule has 0 saturated heterocycles. The van der Waals surface area contributed by atoms with Crippen molar-refractivity contribution in [3.05, 3.63) is 71.4 Å². The summed E-state index contributed by atoms with van der Waals surface area (Å²) >= 11 is 0. The highest BCUT2D eigenvalue weighted by molar-refractivity contribution is 5.83. The third kappa shape index (κ3) is 15.4. The summed E-state index contributed by atoms with van der Waals surface area (Å²) in [5.41, 5.74) is 11.7. The van der Waals surface area contributed by atoms with Crippen molar-refractivity contribution in [2.24, 2.45) is 5.73 Å². The summed E-state index contributed by atoms with van der Waals surface area (Å²) < 4.78 is 0. The number of nitrogens with two attached hydrogens (primary N) is 1. The van der Waals surface area contributed by atoms with Gasteiger partial charge in [0.2, 0.25) is 5.91 Å². The lowest BCUT2D eigenvalue weighted by Crippen LogP contribution is -2.47. The van der Waals surface area contributed by atoms with E-state index < -0.39 is 67.9 Å². The third-order valence-corrected chi connectivity index (χ3v) is 7.55. The van der Waals surface area contributed by atoms with Gasteiger partial charge in [0.15, 0.2) is 0 Å². The maximum atomic E-state index is 12.9. The Balaban J connectivity index is 1.48. The number of carbonyl (C=O) groups is 6. The van der Waals surface area contributed by atoms with Crippen molar-refractivity contribution in [3.8, 4) is 0 Å². The van der Waals surface area contributed by atoms with Gasteiger partial charge in [-0.25, -0.2) is 5.48 Å². The highest BCUT2D eigenvalue weighted by Gasteiger charge is 2.20. The van der Waals surface area contributed by atoms with Gasteiger partial charge in [-0.1, -0.05) is 42.5 Å². The van der Waals surface area contributed by atoms with E-state index in [-0.39, 0.29) is 45.9 Å². The van der Waals surface area contributed by atoms with Gasteiger partial charge in [-0.05, 0) is 28.6 Å². The van der Waals surface area contributed by atoms with E-state index in [0.717, 1.165) is 37.5 Å². The highest BCUT2D eigenvalue weighted by atomic mass is 16.6. The number of aliphatic carboxylic acids is 4. The lowest BCUT2D eigenvalue weighted by molar-refractivity contribution is -0.143. The van der Waals surface area contributed by atoms with E-state index in [4.69, 9.17) is 31.0 Å². The molecule has 3 aromatic rings. The Kier molecular flexibility index (Phi) is 15.9. The molecule has 1 heterocycles. The van der Waals surface area contributed by atoms with Gasteiger partial charge < -0.3 is 36.5 Å². The molecule has 0 fully saturated rings. The van der Waals surface area contributed by atoms with E-state index in [1.54, 1.807) is 29.2 Å². The average molecular weight is 714 g/mol. The summed E-state index contributed by atoms with van der Waals surface area (Å²) in [6.45, 7) is -2.21. The van der Waals surface area contributed by atoms with E-state index in [2.05, 4.69) is 15.8 Å². The number of amides is 2. The molecule has 0 radical (unpaired) electrons. The maximum Gasteiger partial charge on any atom is 0.317 e. The number of rotatable bonds is 24. The van der Waals surface area contributed by atoms with Crippen LogP contribution in [0.4, 0.5) is 0 Å². The van der Waals surface area contributed by atoms with Crippen molar-refractivity contribution in [1.82, 2.24) is 30.5 Å². The number of hydrogen-bond acceptors (Lipinski definition) is 11. The number of H-pyrrole nitrogens is 1. The molecule has 3 rings (SSSR count). The first-order valence-electron chi connectivity index (χ1n) is 15.9. The number of aromatic nitrogens is 1. The molecule has 1 unspecified atom stereocenters. The molecule has 51 heavy (non-hydrogen) atoms. The first kappa shape index (κ1) is 40.0. The molecule has 0 spiro atoms. The number of para-hydroxylation sites is 1. The zero-order chi connectivity index (χ0) is 37.3. The quantitative estimate of drug-likeness (QED) is 0.0525. The fourth-order valence-electron chi connectivity index (χ4n) is 5.08. The van der Waals surface area contributed by atoms with Crippen LogP contribution in [0.15, 0.2) is 54.6 Å². The lowest BCUT2D eigenvalue weighted by atomic mass is 10.1. The van der Waals surface area contributed by atoms with E-state index in [1.807, 2.05) is 30.3 Å². The van der Waals surface area contributed by atoms with Crippen LogP contribution in [0, 0.1) is 0 Å². The average Bonchev–Trinajstić information content (AvgIpc) is 3.46. The van der Waals surface area contributed by atoms with Crippen LogP contribution in [-0.2, 0) is 53.2 Å². The maximum absolute atomic E-state index is 12.9.